The Labute approximate surface area is 127 Å². The number of aryl methyl sites for hydroxylation is 1. The smallest absolute Gasteiger partial charge is 0.244 e. The number of methoxy groups -OCH3 is 1. The summed E-state index contributed by atoms with van der Waals surface area (Å²) in [5.74, 6) is 0.198. The highest BCUT2D eigenvalue weighted by molar-refractivity contribution is 7.89. The van der Waals surface area contributed by atoms with E-state index >= 15 is 0 Å². The van der Waals surface area contributed by atoms with Crippen molar-refractivity contribution in [1.82, 2.24) is 9.71 Å². The Morgan fingerprint density at radius 2 is 2.19 bits per heavy atom. The van der Waals surface area contributed by atoms with Gasteiger partial charge in [0.25, 0.3) is 0 Å². The molecule has 2 N–H and O–H groups in total. The molecule has 0 aliphatic carbocycles. The Morgan fingerprint density at radius 1 is 1.43 bits per heavy atom. The van der Waals surface area contributed by atoms with Gasteiger partial charge in [-0.15, -0.1) is 11.3 Å². The standard InChI is InChI=1S/C13H16N2O4S2/c1-9-15-11(8-20-9)6-14-21(17,18)13-4-3-10(7-16)5-12(13)19-2/h3-5,8,14,16H,6-7H2,1-2H3. The van der Waals surface area contributed by atoms with Crippen LogP contribution in [0.4, 0.5) is 0 Å². The van der Waals surface area contributed by atoms with E-state index < -0.39 is 10.0 Å². The molecule has 0 radical (unpaired) electrons. The van der Waals surface area contributed by atoms with Crippen molar-refractivity contribution in [3.05, 3.63) is 39.8 Å². The summed E-state index contributed by atoms with van der Waals surface area (Å²) in [5.41, 5.74) is 1.26. The van der Waals surface area contributed by atoms with Crippen LogP contribution in [0.25, 0.3) is 0 Å². The molecule has 1 aromatic heterocycles. The lowest BCUT2D eigenvalue weighted by Gasteiger charge is -2.11. The third kappa shape index (κ3) is 3.79. The van der Waals surface area contributed by atoms with Gasteiger partial charge in [0.05, 0.1) is 31.0 Å². The van der Waals surface area contributed by atoms with Crippen LogP contribution in [0.3, 0.4) is 0 Å². The van der Waals surface area contributed by atoms with E-state index in [0.717, 1.165) is 5.01 Å². The molecule has 1 aromatic carbocycles. The normalized spacial score (nSPS) is 11.6. The molecular formula is C13H16N2O4S2. The predicted molar refractivity (Wildman–Crippen MR) is 79.8 cm³/mol. The average Bonchev–Trinajstić information content (AvgIpc) is 2.90. The maximum atomic E-state index is 12.3. The van der Waals surface area contributed by atoms with Crippen molar-refractivity contribution < 1.29 is 18.3 Å². The minimum atomic E-state index is -3.71. The van der Waals surface area contributed by atoms with E-state index in [1.54, 1.807) is 6.07 Å². The molecule has 0 aliphatic heterocycles. The fraction of sp³-hybridized carbons (Fsp3) is 0.308. The number of aromatic nitrogens is 1. The van der Waals surface area contributed by atoms with Crippen LogP contribution in [-0.4, -0.2) is 25.6 Å². The number of rotatable bonds is 6. The van der Waals surface area contributed by atoms with Gasteiger partial charge in [0.1, 0.15) is 10.6 Å². The van der Waals surface area contributed by atoms with Gasteiger partial charge in [0.2, 0.25) is 10.0 Å². The van der Waals surface area contributed by atoms with Crippen molar-refractivity contribution in [2.24, 2.45) is 0 Å². The fourth-order valence-corrected chi connectivity index (χ4v) is 3.53. The number of sulfonamides is 1. The van der Waals surface area contributed by atoms with E-state index in [2.05, 4.69) is 9.71 Å². The first-order valence-electron chi connectivity index (χ1n) is 6.14. The van der Waals surface area contributed by atoms with E-state index in [1.165, 1.54) is 30.6 Å². The van der Waals surface area contributed by atoms with Crippen molar-refractivity contribution in [1.29, 1.82) is 0 Å². The highest BCUT2D eigenvalue weighted by atomic mass is 32.2. The number of hydrogen-bond donors (Lipinski definition) is 2. The number of nitrogens with zero attached hydrogens (tertiary/aromatic N) is 1. The summed E-state index contributed by atoms with van der Waals surface area (Å²) in [4.78, 5) is 4.24. The summed E-state index contributed by atoms with van der Waals surface area (Å²) in [6.45, 7) is 1.80. The number of nitrogens with one attached hydrogen (secondary N) is 1. The largest absolute Gasteiger partial charge is 0.495 e. The Hall–Kier alpha value is -1.48. The Bertz CT molecular complexity index is 726. The Morgan fingerprint density at radius 3 is 2.76 bits per heavy atom. The average molecular weight is 328 g/mol. The minimum absolute atomic E-state index is 0.0363. The van der Waals surface area contributed by atoms with Gasteiger partial charge in [0.15, 0.2) is 0 Å². The first kappa shape index (κ1) is 15.9. The highest BCUT2D eigenvalue weighted by Gasteiger charge is 2.19. The number of ether oxygens (including phenoxy) is 1. The molecule has 0 atom stereocenters. The molecule has 8 heteroatoms. The van der Waals surface area contributed by atoms with Crippen molar-refractivity contribution in [2.45, 2.75) is 25.0 Å². The monoisotopic (exact) mass is 328 g/mol. The number of aliphatic hydroxyl groups is 1. The predicted octanol–water partition coefficient (Wildman–Crippen LogP) is 1.43. The number of hydrogen-bond acceptors (Lipinski definition) is 6. The van der Waals surface area contributed by atoms with E-state index in [9.17, 15) is 8.42 Å². The van der Waals surface area contributed by atoms with Crippen LogP contribution in [0.15, 0.2) is 28.5 Å². The third-order valence-electron chi connectivity index (χ3n) is 2.81. The molecule has 6 nitrogen and oxygen atoms in total. The minimum Gasteiger partial charge on any atom is -0.495 e. The van der Waals surface area contributed by atoms with Crippen molar-refractivity contribution in [3.8, 4) is 5.75 Å². The summed E-state index contributed by atoms with van der Waals surface area (Å²) in [6, 6.07) is 4.46. The number of thiazole rings is 1. The van der Waals surface area contributed by atoms with Gasteiger partial charge >= 0.3 is 0 Å². The first-order chi connectivity index (χ1) is 9.96. The molecule has 21 heavy (non-hydrogen) atoms. The fourth-order valence-electron chi connectivity index (χ4n) is 1.77. The maximum absolute atomic E-state index is 12.3. The second kappa shape index (κ2) is 6.52. The quantitative estimate of drug-likeness (QED) is 0.837. The molecule has 0 amide bonds. The van der Waals surface area contributed by atoms with Crippen molar-refractivity contribution >= 4 is 21.4 Å². The summed E-state index contributed by atoms with van der Waals surface area (Å²) in [7, 11) is -2.32. The maximum Gasteiger partial charge on any atom is 0.244 e. The lowest BCUT2D eigenvalue weighted by Crippen LogP contribution is -2.24. The Balaban J connectivity index is 2.22. The number of benzene rings is 1. The van der Waals surface area contributed by atoms with Gasteiger partial charge < -0.3 is 9.84 Å². The molecule has 0 aliphatic rings. The molecule has 0 saturated heterocycles. The van der Waals surface area contributed by atoms with E-state index in [-0.39, 0.29) is 23.8 Å². The third-order valence-corrected chi connectivity index (χ3v) is 5.07. The lowest BCUT2D eigenvalue weighted by molar-refractivity contribution is 0.280. The van der Waals surface area contributed by atoms with Crippen LogP contribution in [0.1, 0.15) is 16.3 Å². The van der Waals surface area contributed by atoms with Gasteiger partial charge in [-0.2, -0.15) is 0 Å². The van der Waals surface area contributed by atoms with Crippen molar-refractivity contribution in [3.63, 3.8) is 0 Å². The van der Waals surface area contributed by atoms with E-state index in [4.69, 9.17) is 9.84 Å². The molecule has 114 valence electrons. The van der Waals surface area contributed by atoms with E-state index in [1.807, 2.05) is 12.3 Å². The molecular weight excluding hydrogens is 312 g/mol. The van der Waals surface area contributed by atoms with Gasteiger partial charge in [-0.3, -0.25) is 0 Å². The molecule has 0 spiro atoms. The van der Waals surface area contributed by atoms with Crippen LogP contribution in [0, 0.1) is 6.92 Å². The second-order valence-electron chi connectivity index (χ2n) is 4.33. The highest BCUT2D eigenvalue weighted by Crippen LogP contribution is 2.25. The van der Waals surface area contributed by atoms with Gasteiger partial charge in [-0.05, 0) is 24.6 Å². The van der Waals surface area contributed by atoms with Crippen LogP contribution < -0.4 is 9.46 Å². The zero-order valence-electron chi connectivity index (χ0n) is 11.7. The zero-order chi connectivity index (χ0) is 15.5. The first-order valence-corrected chi connectivity index (χ1v) is 8.51. The molecule has 1 heterocycles. The van der Waals surface area contributed by atoms with Crippen LogP contribution in [0.5, 0.6) is 5.75 Å². The van der Waals surface area contributed by atoms with Crippen LogP contribution >= 0.6 is 11.3 Å². The SMILES string of the molecule is COc1cc(CO)ccc1S(=O)(=O)NCc1csc(C)n1. The van der Waals surface area contributed by atoms with Gasteiger partial charge in [0, 0.05) is 5.38 Å². The second-order valence-corrected chi connectivity index (χ2v) is 7.12. The lowest BCUT2D eigenvalue weighted by atomic mass is 10.2. The van der Waals surface area contributed by atoms with Crippen LogP contribution in [-0.2, 0) is 23.2 Å². The molecule has 0 bridgehead atoms. The summed E-state index contributed by atoms with van der Waals surface area (Å²) < 4.78 is 32.2. The topological polar surface area (TPSA) is 88.5 Å². The molecule has 2 aromatic rings. The van der Waals surface area contributed by atoms with Gasteiger partial charge in [-0.1, -0.05) is 6.07 Å². The summed E-state index contributed by atoms with van der Waals surface area (Å²) in [6.07, 6.45) is 0. The van der Waals surface area contributed by atoms with Crippen LogP contribution in [0.2, 0.25) is 0 Å². The number of aliphatic hydroxyl groups excluding tert-OH is 1. The zero-order valence-corrected chi connectivity index (χ0v) is 13.3. The molecule has 0 unspecified atom stereocenters. The summed E-state index contributed by atoms with van der Waals surface area (Å²) >= 11 is 1.46. The van der Waals surface area contributed by atoms with Gasteiger partial charge in [-0.25, -0.2) is 18.1 Å². The molecule has 0 saturated carbocycles. The summed E-state index contributed by atoms with van der Waals surface area (Å²) in [5, 5.41) is 11.8. The molecule has 2 rings (SSSR count). The molecule has 0 fully saturated rings. The van der Waals surface area contributed by atoms with E-state index in [0.29, 0.717) is 11.3 Å². The Kier molecular flexibility index (Phi) is 4.94. The van der Waals surface area contributed by atoms with Crippen molar-refractivity contribution in [2.75, 3.05) is 7.11 Å².